The summed E-state index contributed by atoms with van der Waals surface area (Å²) >= 11 is 0. The standard InChI is InChI=1S/C20H22N2O5/c1-20(2)11-13-5-4-6-16(17(13)27-20)26-10-9-21-18(23)15-8-7-14(12-22-15)19(24)25-3/h4-8,12H,9-11H2,1-3H3,(H,21,23). The van der Waals surface area contributed by atoms with Crippen molar-refractivity contribution in [2.45, 2.75) is 25.9 Å². The zero-order chi connectivity index (χ0) is 19.4. The average Bonchev–Trinajstić information content (AvgIpc) is 2.99. The molecule has 1 aliphatic rings. The van der Waals surface area contributed by atoms with Crippen LogP contribution in [0.5, 0.6) is 11.5 Å². The third-order valence-corrected chi connectivity index (χ3v) is 4.12. The summed E-state index contributed by atoms with van der Waals surface area (Å²) in [5.41, 5.74) is 1.39. The Morgan fingerprint density at radius 3 is 2.78 bits per heavy atom. The molecule has 0 spiro atoms. The fraction of sp³-hybridized carbons (Fsp3) is 0.350. The number of methoxy groups -OCH3 is 1. The lowest BCUT2D eigenvalue weighted by Crippen LogP contribution is -2.29. The van der Waals surface area contributed by atoms with E-state index in [4.69, 9.17) is 9.47 Å². The molecule has 142 valence electrons. The molecule has 3 rings (SSSR count). The Morgan fingerprint density at radius 2 is 2.07 bits per heavy atom. The van der Waals surface area contributed by atoms with Gasteiger partial charge in [-0.05, 0) is 32.0 Å². The Balaban J connectivity index is 1.51. The predicted octanol–water partition coefficient (Wildman–Crippen LogP) is 2.39. The van der Waals surface area contributed by atoms with Gasteiger partial charge >= 0.3 is 5.97 Å². The minimum Gasteiger partial charge on any atom is -0.488 e. The molecule has 0 saturated heterocycles. The number of hydrogen-bond acceptors (Lipinski definition) is 6. The van der Waals surface area contributed by atoms with Crippen molar-refractivity contribution in [3.63, 3.8) is 0 Å². The normalized spacial score (nSPS) is 14.0. The number of hydrogen-bond donors (Lipinski definition) is 1. The van der Waals surface area contributed by atoms with Gasteiger partial charge in [0, 0.05) is 18.2 Å². The highest BCUT2D eigenvalue weighted by molar-refractivity contribution is 5.94. The van der Waals surface area contributed by atoms with Crippen molar-refractivity contribution >= 4 is 11.9 Å². The van der Waals surface area contributed by atoms with E-state index in [-0.39, 0.29) is 17.2 Å². The molecular weight excluding hydrogens is 348 g/mol. The van der Waals surface area contributed by atoms with Gasteiger partial charge in [-0.2, -0.15) is 0 Å². The van der Waals surface area contributed by atoms with Gasteiger partial charge in [0.05, 0.1) is 19.2 Å². The van der Waals surface area contributed by atoms with Crippen LogP contribution < -0.4 is 14.8 Å². The van der Waals surface area contributed by atoms with Crippen LogP contribution in [0.3, 0.4) is 0 Å². The quantitative estimate of drug-likeness (QED) is 0.621. The fourth-order valence-electron chi connectivity index (χ4n) is 2.88. The van der Waals surface area contributed by atoms with E-state index < -0.39 is 5.97 Å². The first-order chi connectivity index (χ1) is 12.9. The number of para-hydroxylation sites is 1. The van der Waals surface area contributed by atoms with Crippen molar-refractivity contribution in [1.29, 1.82) is 0 Å². The van der Waals surface area contributed by atoms with E-state index in [2.05, 4.69) is 15.0 Å². The van der Waals surface area contributed by atoms with Crippen LogP contribution in [0.15, 0.2) is 36.5 Å². The smallest absolute Gasteiger partial charge is 0.339 e. The number of fused-ring (bicyclic) bond motifs is 1. The highest BCUT2D eigenvalue weighted by atomic mass is 16.5. The number of amides is 1. The number of benzene rings is 1. The molecule has 7 nitrogen and oxygen atoms in total. The molecule has 0 fully saturated rings. The van der Waals surface area contributed by atoms with Gasteiger partial charge < -0.3 is 19.5 Å². The lowest BCUT2D eigenvalue weighted by molar-refractivity contribution is 0.0599. The summed E-state index contributed by atoms with van der Waals surface area (Å²) in [6, 6.07) is 8.79. The van der Waals surface area contributed by atoms with E-state index in [0.29, 0.717) is 24.5 Å². The Bertz CT molecular complexity index is 846. The molecule has 0 radical (unpaired) electrons. The second-order valence-electron chi connectivity index (χ2n) is 6.81. The maximum atomic E-state index is 12.1. The van der Waals surface area contributed by atoms with Gasteiger partial charge in [-0.15, -0.1) is 0 Å². The fourth-order valence-corrected chi connectivity index (χ4v) is 2.88. The van der Waals surface area contributed by atoms with Crippen molar-refractivity contribution in [3.8, 4) is 11.5 Å². The van der Waals surface area contributed by atoms with E-state index in [1.807, 2.05) is 32.0 Å². The number of esters is 1. The van der Waals surface area contributed by atoms with Gasteiger partial charge in [-0.3, -0.25) is 9.78 Å². The molecule has 0 unspecified atom stereocenters. The molecule has 0 saturated carbocycles. The maximum absolute atomic E-state index is 12.1. The minimum atomic E-state index is -0.497. The van der Waals surface area contributed by atoms with Crippen LogP contribution in [0, 0.1) is 0 Å². The Kier molecular flexibility index (Phi) is 5.30. The molecule has 1 aromatic carbocycles. The second kappa shape index (κ2) is 7.65. The molecule has 1 aromatic heterocycles. The topological polar surface area (TPSA) is 86.8 Å². The summed E-state index contributed by atoms with van der Waals surface area (Å²) in [6.07, 6.45) is 2.15. The molecule has 0 bridgehead atoms. The molecule has 27 heavy (non-hydrogen) atoms. The largest absolute Gasteiger partial charge is 0.488 e. The zero-order valence-corrected chi connectivity index (χ0v) is 15.6. The van der Waals surface area contributed by atoms with E-state index in [1.54, 1.807) is 0 Å². The van der Waals surface area contributed by atoms with E-state index >= 15 is 0 Å². The average molecular weight is 370 g/mol. The van der Waals surface area contributed by atoms with Crippen LogP contribution in [0.25, 0.3) is 0 Å². The minimum absolute atomic E-state index is 0.216. The molecule has 2 heterocycles. The maximum Gasteiger partial charge on any atom is 0.339 e. The third-order valence-electron chi connectivity index (χ3n) is 4.12. The zero-order valence-electron chi connectivity index (χ0n) is 15.6. The number of rotatable bonds is 6. The summed E-state index contributed by atoms with van der Waals surface area (Å²) in [5.74, 6) is 0.608. The number of carbonyl (C=O) groups is 2. The van der Waals surface area contributed by atoms with Crippen molar-refractivity contribution in [2.75, 3.05) is 20.3 Å². The summed E-state index contributed by atoms with van der Waals surface area (Å²) in [5, 5.41) is 2.73. The van der Waals surface area contributed by atoms with Crippen molar-refractivity contribution in [2.24, 2.45) is 0 Å². The van der Waals surface area contributed by atoms with Crippen LogP contribution >= 0.6 is 0 Å². The molecule has 2 aromatic rings. The lowest BCUT2D eigenvalue weighted by Gasteiger charge is -2.18. The molecule has 1 N–H and O–H groups in total. The molecule has 0 aliphatic carbocycles. The van der Waals surface area contributed by atoms with Gasteiger partial charge in [-0.25, -0.2) is 4.79 Å². The first-order valence-corrected chi connectivity index (χ1v) is 8.66. The highest BCUT2D eigenvalue weighted by Gasteiger charge is 2.32. The van der Waals surface area contributed by atoms with Gasteiger partial charge in [0.2, 0.25) is 0 Å². The molecule has 7 heteroatoms. The number of nitrogens with zero attached hydrogens (tertiary/aromatic N) is 1. The monoisotopic (exact) mass is 370 g/mol. The first-order valence-electron chi connectivity index (χ1n) is 8.66. The summed E-state index contributed by atoms with van der Waals surface area (Å²) in [7, 11) is 1.29. The number of carbonyl (C=O) groups excluding carboxylic acids is 2. The molecule has 1 aliphatic heterocycles. The second-order valence-corrected chi connectivity index (χ2v) is 6.81. The highest BCUT2D eigenvalue weighted by Crippen LogP contribution is 2.41. The van der Waals surface area contributed by atoms with Crippen LogP contribution in [0.4, 0.5) is 0 Å². The Morgan fingerprint density at radius 1 is 1.26 bits per heavy atom. The van der Waals surface area contributed by atoms with E-state index in [1.165, 1.54) is 25.4 Å². The number of ether oxygens (including phenoxy) is 3. The van der Waals surface area contributed by atoms with E-state index in [0.717, 1.165) is 17.7 Å². The predicted molar refractivity (Wildman–Crippen MR) is 98.3 cm³/mol. The summed E-state index contributed by atoms with van der Waals surface area (Å²) in [4.78, 5) is 27.5. The Labute approximate surface area is 157 Å². The molecule has 0 atom stereocenters. The Hall–Kier alpha value is -3.09. The van der Waals surface area contributed by atoms with Crippen molar-refractivity contribution in [1.82, 2.24) is 10.3 Å². The lowest BCUT2D eigenvalue weighted by atomic mass is 10.0. The van der Waals surface area contributed by atoms with Crippen LogP contribution in [-0.2, 0) is 11.2 Å². The SMILES string of the molecule is COC(=O)c1ccc(C(=O)NCCOc2cccc3c2OC(C)(C)C3)nc1. The van der Waals surface area contributed by atoms with Crippen molar-refractivity contribution < 1.29 is 23.8 Å². The number of nitrogens with one attached hydrogen (secondary N) is 1. The molecular formula is C20H22N2O5. The van der Waals surface area contributed by atoms with Gasteiger partial charge in [0.15, 0.2) is 11.5 Å². The van der Waals surface area contributed by atoms with Crippen LogP contribution in [-0.4, -0.2) is 42.7 Å². The van der Waals surface area contributed by atoms with Crippen LogP contribution in [0.2, 0.25) is 0 Å². The van der Waals surface area contributed by atoms with E-state index in [9.17, 15) is 9.59 Å². The van der Waals surface area contributed by atoms with Gasteiger partial charge in [0.1, 0.15) is 17.9 Å². The van der Waals surface area contributed by atoms with Gasteiger partial charge in [0.25, 0.3) is 5.91 Å². The number of pyridine rings is 1. The molecule has 1 amide bonds. The van der Waals surface area contributed by atoms with Gasteiger partial charge in [-0.1, -0.05) is 12.1 Å². The third kappa shape index (κ3) is 4.36. The first kappa shape index (κ1) is 18.7. The van der Waals surface area contributed by atoms with Crippen LogP contribution in [0.1, 0.15) is 40.3 Å². The summed E-state index contributed by atoms with van der Waals surface area (Å²) in [6.45, 7) is 4.68. The summed E-state index contributed by atoms with van der Waals surface area (Å²) < 4.78 is 16.3. The number of aromatic nitrogens is 1. The van der Waals surface area contributed by atoms with Crippen molar-refractivity contribution in [3.05, 3.63) is 53.3 Å².